The highest BCUT2D eigenvalue weighted by atomic mass is 16.6. The maximum Gasteiger partial charge on any atom is 0.330 e. The van der Waals surface area contributed by atoms with Gasteiger partial charge >= 0.3 is 17.9 Å². The summed E-state index contributed by atoms with van der Waals surface area (Å²) in [5, 5.41) is 12.0. The summed E-state index contributed by atoms with van der Waals surface area (Å²) in [6.45, 7) is 1.23. The number of aliphatic carboxylic acids is 1. The van der Waals surface area contributed by atoms with E-state index in [2.05, 4.69) is 5.32 Å². The number of ether oxygens (including phenoxy) is 1. The van der Waals surface area contributed by atoms with Gasteiger partial charge < -0.3 is 20.1 Å². The van der Waals surface area contributed by atoms with Crippen LogP contribution in [0, 0.1) is 0 Å². The van der Waals surface area contributed by atoms with Gasteiger partial charge in [0.05, 0.1) is 0 Å². The van der Waals surface area contributed by atoms with Crippen LogP contribution in [0.2, 0.25) is 0 Å². The number of carbonyl (C=O) groups excluding carboxylic acids is 3. The molecular weight excluding hydrogens is 316 g/mol. The first-order valence-corrected chi connectivity index (χ1v) is 8.49. The van der Waals surface area contributed by atoms with Crippen LogP contribution >= 0.6 is 0 Å². The Hall–Kier alpha value is -1.96. The lowest BCUT2D eigenvalue weighted by molar-refractivity contribution is -0.161. The number of unbranched alkanes of at least 4 members (excludes halogenated alkanes) is 1. The average molecular weight is 340 g/mol. The molecule has 2 heterocycles. The molecule has 0 aromatic rings. The lowest BCUT2D eigenvalue weighted by Crippen LogP contribution is -2.40. The number of hydrogen-bond acceptors (Lipinski definition) is 6. The third kappa shape index (κ3) is 5.02. The van der Waals surface area contributed by atoms with Crippen molar-refractivity contribution in [2.24, 2.45) is 0 Å². The van der Waals surface area contributed by atoms with Gasteiger partial charge in [0, 0.05) is 19.4 Å². The second-order valence-electron chi connectivity index (χ2n) is 6.23. The van der Waals surface area contributed by atoms with Crippen LogP contribution in [0.5, 0.6) is 0 Å². The van der Waals surface area contributed by atoms with Crippen molar-refractivity contribution in [1.29, 1.82) is 0 Å². The number of hydrogen-bond donors (Lipinski definition) is 2. The van der Waals surface area contributed by atoms with Gasteiger partial charge in [-0.1, -0.05) is 0 Å². The van der Waals surface area contributed by atoms with Crippen molar-refractivity contribution in [2.75, 3.05) is 13.1 Å². The summed E-state index contributed by atoms with van der Waals surface area (Å²) < 4.78 is 4.78. The molecule has 8 nitrogen and oxygen atoms in total. The summed E-state index contributed by atoms with van der Waals surface area (Å²) in [7, 11) is 0. The zero-order chi connectivity index (χ0) is 17.5. The Bertz CT molecular complexity index is 501. The summed E-state index contributed by atoms with van der Waals surface area (Å²) in [4.78, 5) is 47.8. The first-order chi connectivity index (χ1) is 11.5. The van der Waals surface area contributed by atoms with Crippen LogP contribution in [0.15, 0.2) is 0 Å². The summed E-state index contributed by atoms with van der Waals surface area (Å²) >= 11 is 0. The van der Waals surface area contributed by atoms with E-state index in [-0.39, 0.29) is 18.7 Å². The molecule has 1 amide bonds. The molecule has 2 aliphatic heterocycles. The number of rotatable bonds is 7. The minimum Gasteiger partial charge on any atom is -0.480 e. The van der Waals surface area contributed by atoms with Gasteiger partial charge in [0.2, 0.25) is 5.91 Å². The molecule has 134 valence electrons. The predicted octanol–water partition coefficient (Wildman–Crippen LogP) is 0.444. The molecule has 2 aliphatic rings. The van der Waals surface area contributed by atoms with E-state index >= 15 is 0 Å². The quantitative estimate of drug-likeness (QED) is 0.393. The average Bonchev–Trinajstić information content (AvgIpc) is 3.21. The Kier molecular flexibility index (Phi) is 6.72. The minimum atomic E-state index is -0.969. The molecule has 2 N–H and O–H groups in total. The maximum absolute atomic E-state index is 12.0. The van der Waals surface area contributed by atoms with Crippen LogP contribution in [-0.4, -0.2) is 59.0 Å². The summed E-state index contributed by atoms with van der Waals surface area (Å²) in [5.74, 6) is -2.27. The SMILES string of the molecule is O=C(CCCCC(=O)N1CCC[C@@H]1C(=O)O)OC(=O)C1CCCN1. The highest BCUT2D eigenvalue weighted by Gasteiger charge is 2.33. The normalized spacial score (nSPS) is 23.2. The van der Waals surface area contributed by atoms with Gasteiger partial charge in [0.25, 0.3) is 0 Å². The number of nitrogens with one attached hydrogen (secondary N) is 1. The molecule has 2 rings (SSSR count). The lowest BCUT2D eigenvalue weighted by atomic mass is 10.1. The number of amides is 1. The van der Waals surface area contributed by atoms with Crippen LogP contribution in [0.3, 0.4) is 0 Å². The molecule has 0 saturated carbocycles. The van der Waals surface area contributed by atoms with Crippen LogP contribution in [0.1, 0.15) is 51.4 Å². The van der Waals surface area contributed by atoms with E-state index in [1.54, 1.807) is 0 Å². The van der Waals surface area contributed by atoms with Gasteiger partial charge in [0.15, 0.2) is 0 Å². The van der Waals surface area contributed by atoms with E-state index in [0.717, 1.165) is 13.0 Å². The fraction of sp³-hybridized carbons (Fsp3) is 0.750. The predicted molar refractivity (Wildman–Crippen MR) is 83.0 cm³/mol. The van der Waals surface area contributed by atoms with E-state index in [1.807, 2.05) is 0 Å². The van der Waals surface area contributed by atoms with Gasteiger partial charge in [0.1, 0.15) is 12.1 Å². The Labute approximate surface area is 140 Å². The monoisotopic (exact) mass is 340 g/mol. The van der Waals surface area contributed by atoms with Crippen molar-refractivity contribution in [3.8, 4) is 0 Å². The smallest absolute Gasteiger partial charge is 0.330 e. The molecule has 2 fully saturated rings. The Morgan fingerprint density at radius 3 is 2.50 bits per heavy atom. The second kappa shape index (κ2) is 8.77. The van der Waals surface area contributed by atoms with E-state index in [9.17, 15) is 19.2 Å². The lowest BCUT2D eigenvalue weighted by Gasteiger charge is -2.21. The molecule has 2 saturated heterocycles. The number of carbonyl (C=O) groups is 4. The summed E-state index contributed by atoms with van der Waals surface area (Å²) in [5.41, 5.74) is 0. The molecule has 1 unspecified atom stereocenters. The van der Waals surface area contributed by atoms with Gasteiger partial charge in [-0.3, -0.25) is 9.59 Å². The van der Waals surface area contributed by atoms with Crippen LogP contribution in [0.25, 0.3) is 0 Å². The largest absolute Gasteiger partial charge is 0.480 e. The van der Waals surface area contributed by atoms with Crippen molar-refractivity contribution in [1.82, 2.24) is 10.2 Å². The number of nitrogens with zero attached hydrogens (tertiary/aromatic N) is 1. The van der Waals surface area contributed by atoms with Crippen molar-refractivity contribution >= 4 is 23.8 Å². The number of carboxylic acids is 1. The fourth-order valence-corrected chi connectivity index (χ4v) is 3.13. The fourth-order valence-electron chi connectivity index (χ4n) is 3.13. The number of esters is 2. The summed E-state index contributed by atoms with van der Waals surface area (Å²) in [6.07, 6.45) is 3.94. The Morgan fingerprint density at radius 1 is 1.08 bits per heavy atom. The highest BCUT2D eigenvalue weighted by Crippen LogP contribution is 2.19. The van der Waals surface area contributed by atoms with Gasteiger partial charge in [-0.15, -0.1) is 0 Å². The minimum absolute atomic E-state index is 0.0775. The van der Waals surface area contributed by atoms with E-state index in [1.165, 1.54) is 4.90 Å². The number of likely N-dealkylation sites (tertiary alicyclic amines) is 1. The Balaban J connectivity index is 1.61. The molecular formula is C16H24N2O6. The van der Waals surface area contributed by atoms with E-state index < -0.39 is 30.0 Å². The second-order valence-corrected chi connectivity index (χ2v) is 6.23. The topological polar surface area (TPSA) is 113 Å². The van der Waals surface area contributed by atoms with Crippen molar-refractivity contribution in [2.45, 2.75) is 63.5 Å². The third-order valence-corrected chi connectivity index (χ3v) is 4.44. The maximum atomic E-state index is 12.0. The van der Waals surface area contributed by atoms with E-state index in [0.29, 0.717) is 38.6 Å². The van der Waals surface area contributed by atoms with Crippen molar-refractivity contribution in [3.63, 3.8) is 0 Å². The van der Waals surface area contributed by atoms with Gasteiger partial charge in [-0.25, -0.2) is 9.59 Å². The molecule has 0 bridgehead atoms. The first kappa shape index (κ1) is 18.4. The third-order valence-electron chi connectivity index (χ3n) is 4.44. The standard InChI is InChI=1S/C16H24N2O6/c19-13(18-10-4-6-12(18)15(21)22)7-1-2-8-14(20)24-16(23)11-5-3-9-17-11/h11-12,17H,1-10H2,(H,21,22)/t11?,12-/m1/s1. The molecule has 8 heteroatoms. The molecule has 2 atom stereocenters. The zero-order valence-electron chi connectivity index (χ0n) is 13.7. The van der Waals surface area contributed by atoms with Crippen molar-refractivity contribution < 1.29 is 29.0 Å². The van der Waals surface area contributed by atoms with Crippen molar-refractivity contribution in [3.05, 3.63) is 0 Å². The molecule has 0 aromatic carbocycles. The molecule has 0 aromatic heterocycles. The number of carboxylic acid groups (broad SMARTS) is 1. The van der Waals surface area contributed by atoms with Crippen LogP contribution in [0.4, 0.5) is 0 Å². The molecule has 0 aliphatic carbocycles. The molecule has 0 radical (unpaired) electrons. The van der Waals surface area contributed by atoms with Crippen LogP contribution in [-0.2, 0) is 23.9 Å². The van der Waals surface area contributed by atoms with Gasteiger partial charge in [-0.05, 0) is 45.1 Å². The van der Waals surface area contributed by atoms with Crippen LogP contribution < -0.4 is 5.32 Å². The first-order valence-electron chi connectivity index (χ1n) is 8.49. The molecule has 0 spiro atoms. The summed E-state index contributed by atoms with van der Waals surface area (Å²) in [6, 6.07) is -1.11. The highest BCUT2D eigenvalue weighted by molar-refractivity contribution is 5.88. The Morgan fingerprint density at radius 2 is 1.83 bits per heavy atom. The molecule has 24 heavy (non-hydrogen) atoms. The van der Waals surface area contributed by atoms with Gasteiger partial charge in [-0.2, -0.15) is 0 Å². The zero-order valence-corrected chi connectivity index (χ0v) is 13.7. The van der Waals surface area contributed by atoms with E-state index in [4.69, 9.17) is 9.84 Å².